The predicted octanol–water partition coefficient (Wildman–Crippen LogP) is 1.90. The summed E-state index contributed by atoms with van der Waals surface area (Å²) in [5, 5.41) is 10.2. The van der Waals surface area contributed by atoms with Crippen LogP contribution in [-0.2, 0) is 16.0 Å². The molecular weight excluding hydrogens is 304 g/mol. The molecule has 4 nitrogen and oxygen atoms in total. The molecule has 0 saturated carbocycles. The van der Waals surface area contributed by atoms with E-state index in [9.17, 15) is 18.7 Å². The highest BCUT2D eigenvalue weighted by atomic mass is 19.2. The largest absolute Gasteiger partial charge is 0.393 e. The molecule has 2 aliphatic rings. The standard InChI is InChI=1S/C17H21F2NO3/c18-13-4-3-11(8-14(13)19)9-17(22)20-6-1-2-15(20)12-10-23-7-5-16(12)21/h3-4,8,12,15-16,21H,1-2,5-7,9-10H2/t12-,15-,16-/m1/s1. The quantitative estimate of drug-likeness (QED) is 0.923. The van der Waals surface area contributed by atoms with E-state index < -0.39 is 17.7 Å². The van der Waals surface area contributed by atoms with Crippen molar-refractivity contribution in [3.05, 3.63) is 35.4 Å². The van der Waals surface area contributed by atoms with Gasteiger partial charge in [0, 0.05) is 25.1 Å². The summed E-state index contributed by atoms with van der Waals surface area (Å²) in [5.41, 5.74) is 0.458. The van der Waals surface area contributed by atoms with Crippen LogP contribution in [0.1, 0.15) is 24.8 Å². The van der Waals surface area contributed by atoms with Crippen LogP contribution in [0.2, 0.25) is 0 Å². The predicted molar refractivity (Wildman–Crippen MR) is 79.7 cm³/mol. The van der Waals surface area contributed by atoms with Gasteiger partial charge in [0.15, 0.2) is 11.6 Å². The minimum atomic E-state index is -0.940. The Morgan fingerprint density at radius 1 is 1.30 bits per heavy atom. The van der Waals surface area contributed by atoms with Crippen LogP contribution in [0.4, 0.5) is 8.78 Å². The number of nitrogens with zero attached hydrogens (tertiary/aromatic N) is 1. The van der Waals surface area contributed by atoms with Crippen LogP contribution in [0.25, 0.3) is 0 Å². The van der Waals surface area contributed by atoms with Gasteiger partial charge in [0.05, 0.1) is 19.1 Å². The molecule has 2 saturated heterocycles. The first-order valence-corrected chi connectivity index (χ1v) is 8.05. The molecule has 126 valence electrons. The van der Waals surface area contributed by atoms with Crippen molar-refractivity contribution in [1.29, 1.82) is 0 Å². The Labute approximate surface area is 134 Å². The number of ether oxygens (including phenoxy) is 1. The Morgan fingerprint density at radius 2 is 2.13 bits per heavy atom. The summed E-state index contributed by atoms with van der Waals surface area (Å²) in [6.07, 6.45) is 1.90. The molecule has 3 rings (SSSR count). The van der Waals surface area contributed by atoms with Crippen LogP contribution < -0.4 is 0 Å². The number of amides is 1. The van der Waals surface area contributed by atoms with Gasteiger partial charge in [-0.25, -0.2) is 8.78 Å². The Balaban J connectivity index is 1.69. The third-order valence-corrected chi connectivity index (χ3v) is 4.82. The van der Waals surface area contributed by atoms with E-state index in [0.717, 1.165) is 25.0 Å². The maximum atomic E-state index is 13.3. The molecule has 0 unspecified atom stereocenters. The summed E-state index contributed by atoms with van der Waals surface area (Å²) in [5.74, 6) is -2.04. The van der Waals surface area contributed by atoms with Crippen molar-refractivity contribution in [2.45, 2.75) is 37.8 Å². The molecule has 1 aromatic rings. The van der Waals surface area contributed by atoms with Gasteiger partial charge in [-0.2, -0.15) is 0 Å². The lowest BCUT2D eigenvalue weighted by atomic mass is 9.89. The van der Waals surface area contributed by atoms with Gasteiger partial charge in [0.2, 0.25) is 5.91 Å². The van der Waals surface area contributed by atoms with E-state index in [1.54, 1.807) is 4.90 Å². The first-order valence-electron chi connectivity index (χ1n) is 8.05. The fourth-order valence-electron chi connectivity index (χ4n) is 3.59. The molecule has 6 heteroatoms. The molecule has 1 N–H and O–H groups in total. The molecule has 0 spiro atoms. The number of halogens is 2. The zero-order valence-corrected chi connectivity index (χ0v) is 12.9. The monoisotopic (exact) mass is 325 g/mol. The number of likely N-dealkylation sites (tertiary alicyclic amines) is 1. The molecule has 0 radical (unpaired) electrons. The SMILES string of the molecule is O=C(Cc1ccc(F)c(F)c1)N1CCC[C@@H]1[C@H]1COCC[C@H]1O. The lowest BCUT2D eigenvalue weighted by Crippen LogP contribution is -2.48. The van der Waals surface area contributed by atoms with Crippen molar-refractivity contribution in [2.75, 3.05) is 19.8 Å². The second-order valence-corrected chi connectivity index (χ2v) is 6.32. The van der Waals surface area contributed by atoms with Crippen LogP contribution >= 0.6 is 0 Å². The van der Waals surface area contributed by atoms with Crippen molar-refractivity contribution in [1.82, 2.24) is 4.90 Å². The zero-order chi connectivity index (χ0) is 16.4. The Kier molecular flexibility index (Phi) is 4.92. The van der Waals surface area contributed by atoms with Crippen LogP contribution in [0.3, 0.4) is 0 Å². The van der Waals surface area contributed by atoms with Gasteiger partial charge in [0.1, 0.15) is 0 Å². The summed E-state index contributed by atoms with van der Waals surface area (Å²) in [6.45, 7) is 1.64. The normalized spacial score (nSPS) is 28.1. The molecule has 1 amide bonds. The second kappa shape index (κ2) is 6.93. The van der Waals surface area contributed by atoms with Gasteiger partial charge in [-0.15, -0.1) is 0 Å². The minimum Gasteiger partial charge on any atom is -0.393 e. The third kappa shape index (κ3) is 3.53. The van der Waals surface area contributed by atoms with Gasteiger partial charge in [-0.3, -0.25) is 4.79 Å². The average Bonchev–Trinajstić information content (AvgIpc) is 3.01. The first-order chi connectivity index (χ1) is 11.1. The summed E-state index contributed by atoms with van der Waals surface area (Å²) in [4.78, 5) is 14.3. The molecule has 3 atom stereocenters. The van der Waals surface area contributed by atoms with E-state index in [1.165, 1.54) is 6.07 Å². The minimum absolute atomic E-state index is 0.0388. The molecule has 2 heterocycles. The highest BCUT2D eigenvalue weighted by Gasteiger charge is 2.39. The Morgan fingerprint density at radius 3 is 2.87 bits per heavy atom. The van der Waals surface area contributed by atoms with Gasteiger partial charge in [-0.05, 0) is 37.0 Å². The molecular formula is C17H21F2NO3. The van der Waals surface area contributed by atoms with Gasteiger partial charge in [-0.1, -0.05) is 6.07 Å². The van der Waals surface area contributed by atoms with E-state index in [-0.39, 0.29) is 24.3 Å². The lowest BCUT2D eigenvalue weighted by Gasteiger charge is -2.37. The van der Waals surface area contributed by atoms with E-state index in [0.29, 0.717) is 31.7 Å². The second-order valence-electron chi connectivity index (χ2n) is 6.32. The molecule has 2 aliphatic heterocycles. The van der Waals surface area contributed by atoms with Gasteiger partial charge >= 0.3 is 0 Å². The molecule has 0 aromatic heterocycles. The van der Waals surface area contributed by atoms with Gasteiger partial charge in [0.25, 0.3) is 0 Å². The van der Waals surface area contributed by atoms with Crippen LogP contribution in [0, 0.1) is 17.6 Å². The summed E-state index contributed by atoms with van der Waals surface area (Å²) >= 11 is 0. The zero-order valence-electron chi connectivity index (χ0n) is 12.9. The number of rotatable bonds is 3. The molecule has 0 aliphatic carbocycles. The number of carbonyl (C=O) groups is 1. The first kappa shape index (κ1) is 16.3. The maximum absolute atomic E-state index is 13.3. The maximum Gasteiger partial charge on any atom is 0.227 e. The van der Waals surface area contributed by atoms with E-state index in [2.05, 4.69) is 0 Å². The summed E-state index contributed by atoms with van der Waals surface area (Å²) in [7, 11) is 0. The third-order valence-electron chi connectivity index (χ3n) is 4.82. The number of aliphatic hydroxyl groups excluding tert-OH is 1. The van der Waals surface area contributed by atoms with E-state index >= 15 is 0 Å². The smallest absolute Gasteiger partial charge is 0.227 e. The van der Waals surface area contributed by atoms with Crippen LogP contribution in [-0.4, -0.2) is 47.8 Å². The number of benzene rings is 1. The topological polar surface area (TPSA) is 49.8 Å². The van der Waals surface area contributed by atoms with Crippen molar-refractivity contribution in [3.63, 3.8) is 0 Å². The number of hydrogen-bond donors (Lipinski definition) is 1. The van der Waals surface area contributed by atoms with Crippen molar-refractivity contribution < 1.29 is 23.4 Å². The fourth-order valence-corrected chi connectivity index (χ4v) is 3.59. The number of aliphatic hydroxyl groups is 1. The van der Waals surface area contributed by atoms with Crippen LogP contribution in [0.15, 0.2) is 18.2 Å². The van der Waals surface area contributed by atoms with Crippen molar-refractivity contribution >= 4 is 5.91 Å². The average molecular weight is 325 g/mol. The molecule has 23 heavy (non-hydrogen) atoms. The summed E-state index contributed by atoms with van der Waals surface area (Å²) < 4.78 is 31.7. The number of carbonyl (C=O) groups excluding carboxylic acids is 1. The van der Waals surface area contributed by atoms with Gasteiger partial charge < -0.3 is 14.7 Å². The molecule has 0 bridgehead atoms. The van der Waals surface area contributed by atoms with E-state index in [1.807, 2.05) is 0 Å². The summed E-state index contributed by atoms with van der Waals surface area (Å²) in [6, 6.07) is 3.50. The van der Waals surface area contributed by atoms with Crippen LogP contribution in [0.5, 0.6) is 0 Å². The van der Waals surface area contributed by atoms with Crippen molar-refractivity contribution in [3.8, 4) is 0 Å². The Hall–Kier alpha value is -1.53. The molecule has 2 fully saturated rings. The highest BCUT2D eigenvalue weighted by molar-refractivity contribution is 5.79. The molecule has 1 aromatic carbocycles. The fraction of sp³-hybridized carbons (Fsp3) is 0.588. The van der Waals surface area contributed by atoms with E-state index in [4.69, 9.17) is 4.74 Å². The van der Waals surface area contributed by atoms with Crippen molar-refractivity contribution in [2.24, 2.45) is 5.92 Å². The highest BCUT2D eigenvalue weighted by Crippen LogP contribution is 2.30. The Bertz CT molecular complexity index is 581. The lowest BCUT2D eigenvalue weighted by molar-refractivity contribution is -0.135. The number of hydrogen-bond acceptors (Lipinski definition) is 3.